The van der Waals surface area contributed by atoms with E-state index in [1.54, 1.807) is 36.4 Å². The molecule has 0 aliphatic heterocycles. The summed E-state index contributed by atoms with van der Waals surface area (Å²) in [5.74, 6) is 0.0386. The number of ether oxygens (including phenoxy) is 1. The molecule has 3 aromatic carbocycles. The van der Waals surface area contributed by atoms with E-state index in [0.717, 1.165) is 22.9 Å². The molecule has 4 aromatic rings. The highest BCUT2D eigenvalue weighted by Crippen LogP contribution is 2.29. The first-order chi connectivity index (χ1) is 17.9. The molecule has 0 unspecified atom stereocenters. The third-order valence-corrected chi connectivity index (χ3v) is 7.54. The van der Waals surface area contributed by atoms with Gasteiger partial charge in [-0.05, 0) is 66.9 Å². The molecule has 4 rings (SSSR count). The zero-order chi connectivity index (χ0) is 26.4. The first-order valence-electron chi connectivity index (χ1n) is 12.1. The van der Waals surface area contributed by atoms with Crippen LogP contribution < -0.4 is 14.8 Å². The number of aromatic nitrogens is 1. The van der Waals surface area contributed by atoms with Crippen molar-refractivity contribution in [1.29, 1.82) is 0 Å². The van der Waals surface area contributed by atoms with Crippen molar-refractivity contribution in [3.05, 3.63) is 84.1 Å². The van der Waals surface area contributed by atoms with Crippen LogP contribution in [-0.4, -0.2) is 50.7 Å². The topological polar surface area (TPSA) is 121 Å². The molecule has 0 saturated heterocycles. The summed E-state index contributed by atoms with van der Waals surface area (Å²) in [7, 11) is -2.26. The molecule has 0 bridgehead atoms. The highest BCUT2D eigenvalue weighted by atomic mass is 32.2. The third-order valence-electron chi connectivity index (χ3n) is 6.13. The fraction of sp³-hybridized carbons (Fsp3) is 0.250. The van der Waals surface area contributed by atoms with Crippen LogP contribution in [0.2, 0.25) is 0 Å². The number of para-hydroxylation sites is 1. The number of nitrogens with one attached hydrogen (secondary N) is 3. The highest BCUT2D eigenvalue weighted by molar-refractivity contribution is 7.89. The van der Waals surface area contributed by atoms with Crippen molar-refractivity contribution in [2.24, 2.45) is 0 Å². The maximum absolute atomic E-state index is 13.4. The van der Waals surface area contributed by atoms with Crippen LogP contribution in [0, 0.1) is 0 Å². The van der Waals surface area contributed by atoms with Gasteiger partial charge in [-0.3, -0.25) is 4.79 Å². The summed E-state index contributed by atoms with van der Waals surface area (Å²) >= 11 is 0. The van der Waals surface area contributed by atoms with Gasteiger partial charge in [0.2, 0.25) is 10.0 Å². The minimum Gasteiger partial charge on any atom is -0.493 e. The van der Waals surface area contributed by atoms with E-state index in [9.17, 15) is 18.3 Å². The third kappa shape index (κ3) is 6.02. The van der Waals surface area contributed by atoms with Crippen LogP contribution in [0.4, 0.5) is 0 Å². The van der Waals surface area contributed by atoms with Crippen LogP contribution >= 0.6 is 0 Å². The van der Waals surface area contributed by atoms with Gasteiger partial charge in [0.05, 0.1) is 29.7 Å². The van der Waals surface area contributed by atoms with E-state index in [-0.39, 0.29) is 17.4 Å². The van der Waals surface area contributed by atoms with Gasteiger partial charge >= 0.3 is 0 Å². The van der Waals surface area contributed by atoms with Crippen LogP contribution in [0.1, 0.15) is 29.3 Å². The molecule has 4 N–H and O–H groups in total. The largest absolute Gasteiger partial charge is 0.493 e. The first-order valence-corrected chi connectivity index (χ1v) is 13.6. The smallest absolute Gasteiger partial charge is 0.255 e. The second-order valence-electron chi connectivity index (χ2n) is 8.71. The van der Waals surface area contributed by atoms with E-state index in [1.165, 1.54) is 13.1 Å². The van der Waals surface area contributed by atoms with Gasteiger partial charge in [0.25, 0.3) is 5.91 Å². The van der Waals surface area contributed by atoms with Gasteiger partial charge in [-0.15, -0.1) is 0 Å². The average molecular weight is 522 g/mol. The Bertz CT molecular complexity index is 1500. The lowest BCUT2D eigenvalue weighted by atomic mass is 10.0. The number of hydrogen-bond acceptors (Lipinski definition) is 5. The first kappa shape index (κ1) is 26.4. The number of hydrogen-bond donors (Lipinski definition) is 4. The zero-order valence-corrected chi connectivity index (χ0v) is 21.6. The molecule has 0 aliphatic rings. The van der Waals surface area contributed by atoms with Gasteiger partial charge in [0.15, 0.2) is 0 Å². The summed E-state index contributed by atoms with van der Waals surface area (Å²) in [6.07, 6.45) is 3.11. The van der Waals surface area contributed by atoms with Gasteiger partial charge in [-0.1, -0.05) is 43.3 Å². The fourth-order valence-electron chi connectivity index (χ4n) is 4.18. The Morgan fingerprint density at radius 1 is 1.05 bits per heavy atom. The molecular weight excluding hydrogens is 490 g/mol. The Morgan fingerprint density at radius 2 is 1.84 bits per heavy atom. The Balaban J connectivity index is 1.63. The van der Waals surface area contributed by atoms with Gasteiger partial charge in [0.1, 0.15) is 5.75 Å². The molecule has 1 aromatic heterocycles. The molecule has 1 heterocycles. The summed E-state index contributed by atoms with van der Waals surface area (Å²) in [5.41, 5.74) is 3.61. The summed E-state index contributed by atoms with van der Waals surface area (Å²) in [6.45, 7) is 2.18. The van der Waals surface area contributed by atoms with Crippen molar-refractivity contribution in [1.82, 2.24) is 15.0 Å². The van der Waals surface area contributed by atoms with Crippen molar-refractivity contribution >= 4 is 26.8 Å². The van der Waals surface area contributed by atoms with Crippen molar-refractivity contribution in [3.63, 3.8) is 0 Å². The number of aliphatic hydroxyl groups is 1. The Morgan fingerprint density at radius 3 is 2.59 bits per heavy atom. The lowest BCUT2D eigenvalue weighted by Crippen LogP contribution is -2.39. The summed E-state index contributed by atoms with van der Waals surface area (Å²) in [4.78, 5) is 16.8. The van der Waals surface area contributed by atoms with E-state index in [4.69, 9.17) is 4.74 Å². The van der Waals surface area contributed by atoms with Crippen molar-refractivity contribution in [2.75, 3.05) is 20.3 Å². The minimum atomic E-state index is -3.62. The SMILES string of the molecule is CCCOc1ccc(-c2cccc(S(=O)(=O)NC)c2)cc1C(=O)N[C@H](CO)Cc1c[nH]c2ccccc12. The van der Waals surface area contributed by atoms with Crippen LogP contribution in [0.5, 0.6) is 5.75 Å². The molecule has 194 valence electrons. The lowest BCUT2D eigenvalue weighted by Gasteiger charge is -2.18. The molecule has 9 heteroatoms. The van der Waals surface area contributed by atoms with E-state index in [0.29, 0.717) is 35.5 Å². The normalized spacial score (nSPS) is 12.4. The van der Waals surface area contributed by atoms with Crippen molar-refractivity contribution in [2.45, 2.75) is 30.7 Å². The van der Waals surface area contributed by atoms with Crippen molar-refractivity contribution in [3.8, 4) is 16.9 Å². The van der Waals surface area contributed by atoms with Gasteiger partial charge < -0.3 is 20.1 Å². The summed E-state index contributed by atoms with van der Waals surface area (Å²) in [5, 5.41) is 14.0. The second-order valence-corrected chi connectivity index (χ2v) is 10.6. The number of H-pyrrole nitrogens is 1. The van der Waals surface area contributed by atoms with Crippen LogP contribution in [0.3, 0.4) is 0 Å². The highest BCUT2D eigenvalue weighted by Gasteiger charge is 2.20. The summed E-state index contributed by atoms with van der Waals surface area (Å²) in [6, 6.07) is 19.1. The zero-order valence-electron chi connectivity index (χ0n) is 20.8. The molecule has 8 nitrogen and oxygen atoms in total. The molecule has 37 heavy (non-hydrogen) atoms. The predicted octanol–water partition coefficient (Wildman–Crippen LogP) is 3.87. The van der Waals surface area contributed by atoms with E-state index in [2.05, 4.69) is 15.0 Å². The quantitative estimate of drug-likeness (QED) is 0.239. The molecule has 0 radical (unpaired) electrons. The van der Waals surface area contributed by atoms with E-state index >= 15 is 0 Å². The Hall–Kier alpha value is -3.66. The number of aromatic amines is 1. The second kappa shape index (κ2) is 11.6. The number of carbonyl (C=O) groups excluding carboxylic acids is 1. The standard InChI is InChI=1S/C28H31N3O5S/c1-3-13-36-27-12-11-20(19-7-6-8-23(15-19)37(34,35)29-2)16-25(27)28(33)31-22(18-32)14-21-17-30-26-10-5-4-9-24(21)26/h4-12,15-17,22,29-30,32H,3,13-14,18H2,1-2H3,(H,31,33)/t22-/m0/s1. The molecular formula is C28H31N3O5S. The maximum atomic E-state index is 13.4. The van der Waals surface area contributed by atoms with E-state index in [1.807, 2.05) is 37.4 Å². The lowest BCUT2D eigenvalue weighted by molar-refractivity contribution is 0.0912. The molecule has 0 spiro atoms. The van der Waals surface area contributed by atoms with Gasteiger partial charge in [-0.25, -0.2) is 13.1 Å². The number of fused-ring (bicyclic) bond motifs is 1. The molecule has 0 aliphatic carbocycles. The number of amides is 1. The van der Waals surface area contributed by atoms with Crippen LogP contribution in [-0.2, 0) is 16.4 Å². The van der Waals surface area contributed by atoms with Gasteiger partial charge in [-0.2, -0.15) is 0 Å². The molecule has 0 fully saturated rings. The van der Waals surface area contributed by atoms with Crippen molar-refractivity contribution < 1.29 is 23.1 Å². The monoisotopic (exact) mass is 521 g/mol. The minimum absolute atomic E-state index is 0.129. The average Bonchev–Trinajstić information content (AvgIpc) is 3.34. The Kier molecular flexibility index (Phi) is 8.27. The van der Waals surface area contributed by atoms with Crippen LogP contribution in [0.25, 0.3) is 22.0 Å². The number of aliphatic hydroxyl groups excluding tert-OH is 1. The number of rotatable bonds is 11. The fourth-order valence-corrected chi connectivity index (χ4v) is 4.95. The van der Waals surface area contributed by atoms with Gasteiger partial charge in [0, 0.05) is 17.1 Å². The van der Waals surface area contributed by atoms with E-state index < -0.39 is 16.1 Å². The molecule has 1 amide bonds. The molecule has 1 atom stereocenters. The number of benzene rings is 3. The van der Waals surface area contributed by atoms with Crippen LogP contribution in [0.15, 0.2) is 77.8 Å². The number of carbonyl (C=O) groups is 1. The summed E-state index contributed by atoms with van der Waals surface area (Å²) < 4.78 is 32.7. The Labute approximate surface area is 216 Å². The molecule has 0 saturated carbocycles. The maximum Gasteiger partial charge on any atom is 0.255 e. The number of sulfonamides is 1. The predicted molar refractivity (Wildman–Crippen MR) is 144 cm³/mol.